The second kappa shape index (κ2) is 6.40. The van der Waals surface area contributed by atoms with E-state index in [9.17, 15) is 8.42 Å². The van der Waals surface area contributed by atoms with Gasteiger partial charge in [0.1, 0.15) is 5.76 Å². The summed E-state index contributed by atoms with van der Waals surface area (Å²) in [7, 11) is -3.62. The van der Waals surface area contributed by atoms with Gasteiger partial charge in [-0.05, 0) is 52.0 Å². The fourth-order valence-electron chi connectivity index (χ4n) is 2.17. The highest BCUT2D eigenvalue weighted by Gasteiger charge is 2.29. The maximum Gasteiger partial charge on any atom is 0.243 e. The molecule has 0 saturated heterocycles. The standard InChI is InChI=1S/C15H19ClN2O3S/c1-10(2)18(9-15-11(3)17-21-12(15)4)22(19,20)14-7-5-13(16)6-8-14/h5-8,10H,9H2,1-4H3. The van der Waals surface area contributed by atoms with E-state index in [2.05, 4.69) is 5.16 Å². The summed E-state index contributed by atoms with van der Waals surface area (Å²) in [6, 6.07) is 5.97. The minimum atomic E-state index is -3.62. The van der Waals surface area contributed by atoms with E-state index in [1.165, 1.54) is 16.4 Å². The number of hydrogen-bond donors (Lipinski definition) is 0. The molecule has 0 fully saturated rings. The lowest BCUT2D eigenvalue weighted by Gasteiger charge is -2.26. The number of sulfonamides is 1. The molecule has 0 amide bonds. The van der Waals surface area contributed by atoms with E-state index < -0.39 is 10.0 Å². The van der Waals surface area contributed by atoms with Gasteiger partial charge in [-0.1, -0.05) is 16.8 Å². The van der Waals surface area contributed by atoms with Crippen molar-refractivity contribution in [2.75, 3.05) is 0 Å². The predicted octanol–water partition coefficient (Wildman–Crippen LogP) is 3.54. The zero-order chi connectivity index (χ0) is 16.5. The van der Waals surface area contributed by atoms with E-state index in [4.69, 9.17) is 16.1 Å². The first-order chi connectivity index (χ1) is 10.2. The van der Waals surface area contributed by atoms with Crippen molar-refractivity contribution < 1.29 is 12.9 Å². The Kier molecular flexibility index (Phi) is 4.94. The average Bonchev–Trinajstić information content (AvgIpc) is 2.75. The highest BCUT2D eigenvalue weighted by atomic mass is 35.5. The van der Waals surface area contributed by atoms with E-state index in [1.807, 2.05) is 13.8 Å². The monoisotopic (exact) mass is 342 g/mol. The van der Waals surface area contributed by atoms with E-state index >= 15 is 0 Å². The van der Waals surface area contributed by atoms with E-state index in [0.29, 0.717) is 16.5 Å². The number of benzene rings is 1. The largest absolute Gasteiger partial charge is 0.361 e. The summed E-state index contributed by atoms with van der Waals surface area (Å²) >= 11 is 5.83. The molecular formula is C15H19ClN2O3S. The first-order valence-corrected chi connectivity index (χ1v) is 8.74. The van der Waals surface area contributed by atoms with Crippen molar-refractivity contribution in [3.05, 3.63) is 46.3 Å². The van der Waals surface area contributed by atoms with Crippen LogP contribution in [0.15, 0.2) is 33.7 Å². The number of aryl methyl sites for hydroxylation is 2. The van der Waals surface area contributed by atoms with Gasteiger partial charge in [0.25, 0.3) is 0 Å². The van der Waals surface area contributed by atoms with Crippen LogP contribution in [0.25, 0.3) is 0 Å². The molecule has 0 spiro atoms. The molecule has 1 aromatic heterocycles. The van der Waals surface area contributed by atoms with Crippen LogP contribution in [0.1, 0.15) is 30.9 Å². The molecule has 1 heterocycles. The molecule has 1 aromatic carbocycles. The molecule has 0 saturated carbocycles. The molecule has 2 rings (SSSR count). The number of hydrogen-bond acceptors (Lipinski definition) is 4. The van der Waals surface area contributed by atoms with Gasteiger partial charge in [0.2, 0.25) is 10.0 Å². The summed E-state index contributed by atoms with van der Waals surface area (Å²) in [6.07, 6.45) is 0. The van der Waals surface area contributed by atoms with Crippen molar-refractivity contribution in [3.8, 4) is 0 Å². The molecule has 0 radical (unpaired) electrons. The smallest absolute Gasteiger partial charge is 0.243 e. The Morgan fingerprint density at radius 1 is 1.23 bits per heavy atom. The fourth-order valence-corrected chi connectivity index (χ4v) is 3.90. The Balaban J connectivity index is 2.41. The minimum Gasteiger partial charge on any atom is -0.361 e. The second-order valence-electron chi connectivity index (χ2n) is 5.40. The van der Waals surface area contributed by atoms with E-state index in [-0.39, 0.29) is 17.5 Å². The third-order valence-corrected chi connectivity index (χ3v) is 5.78. The van der Waals surface area contributed by atoms with Crippen molar-refractivity contribution >= 4 is 21.6 Å². The summed E-state index contributed by atoms with van der Waals surface area (Å²) in [4.78, 5) is 0.220. The van der Waals surface area contributed by atoms with Gasteiger partial charge in [-0.25, -0.2) is 8.42 Å². The first-order valence-electron chi connectivity index (χ1n) is 6.92. The van der Waals surface area contributed by atoms with E-state index in [1.54, 1.807) is 26.0 Å². The molecule has 7 heteroatoms. The molecule has 2 aromatic rings. The van der Waals surface area contributed by atoms with Crippen LogP contribution in [0.5, 0.6) is 0 Å². The Hall–Kier alpha value is -1.37. The van der Waals surface area contributed by atoms with Crippen molar-refractivity contribution in [1.82, 2.24) is 9.46 Å². The van der Waals surface area contributed by atoms with Crippen LogP contribution in [0, 0.1) is 13.8 Å². The quantitative estimate of drug-likeness (QED) is 0.833. The molecule has 0 unspecified atom stereocenters. The van der Waals surface area contributed by atoms with Gasteiger partial charge in [-0.2, -0.15) is 4.31 Å². The van der Waals surface area contributed by atoms with Crippen molar-refractivity contribution in [2.24, 2.45) is 0 Å². The third-order valence-electron chi connectivity index (χ3n) is 3.49. The zero-order valence-corrected chi connectivity index (χ0v) is 14.6. The molecule has 0 bridgehead atoms. The first kappa shape index (κ1) is 17.0. The number of nitrogens with zero attached hydrogens (tertiary/aromatic N) is 2. The highest BCUT2D eigenvalue weighted by Crippen LogP contribution is 2.24. The molecule has 0 N–H and O–H groups in total. The fraction of sp³-hybridized carbons (Fsp3) is 0.400. The number of rotatable bonds is 5. The van der Waals surface area contributed by atoms with Gasteiger partial charge in [0, 0.05) is 23.2 Å². The summed E-state index contributed by atoms with van der Waals surface area (Å²) in [5.41, 5.74) is 1.50. The molecule has 0 aliphatic heterocycles. The van der Waals surface area contributed by atoms with Crippen molar-refractivity contribution in [2.45, 2.75) is 45.2 Å². The third kappa shape index (κ3) is 3.34. The summed E-state index contributed by atoms with van der Waals surface area (Å²) in [5, 5.41) is 4.38. The van der Waals surface area contributed by atoms with Crippen LogP contribution in [0.3, 0.4) is 0 Å². The Labute approximate surface area is 135 Å². The topological polar surface area (TPSA) is 63.4 Å². The predicted molar refractivity (Wildman–Crippen MR) is 85.3 cm³/mol. The molecular weight excluding hydrogens is 324 g/mol. The maximum absolute atomic E-state index is 12.9. The second-order valence-corrected chi connectivity index (χ2v) is 7.73. The molecule has 120 valence electrons. The summed E-state index contributed by atoms with van der Waals surface area (Å²) in [5.74, 6) is 0.634. The van der Waals surface area contributed by atoms with Crippen molar-refractivity contribution in [1.29, 1.82) is 0 Å². The van der Waals surface area contributed by atoms with Crippen LogP contribution >= 0.6 is 11.6 Å². The number of aromatic nitrogens is 1. The van der Waals surface area contributed by atoms with Gasteiger partial charge in [0.05, 0.1) is 10.6 Å². The molecule has 22 heavy (non-hydrogen) atoms. The SMILES string of the molecule is Cc1noc(C)c1CN(C(C)C)S(=O)(=O)c1ccc(Cl)cc1. The lowest BCUT2D eigenvalue weighted by Crippen LogP contribution is -2.36. The van der Waals surface area contributed by atoms with Crippen LogP contribution in [0.4, 0.5) is 0 Å². The van der Waals surface area contributed by atoms with Crippen LogP contribution in [-0.4, -0.2) is 23.9 Å². The van der Waals surface area contributed by atoms with E-state index in [0.717, 1.165) is 5.56 Å². The highest BCUT2D eigenvalue weighted by molar-refractivity contribution is 7.89. The maximum atomic E-state index is 12.9. The van der Waals surface area contributed by atoms with Gasteiger partial charge < -0.3 is 4.52 Å². The summed E-state index contributed by atoms with van der Waals surface area (Å²) in [6.45, 7) is 7.49. The van der Waals surface area contributed by atoms with Gasteiger partial charge in [-0.3, -0.25) is 0 Å². The van der Waals surface area contributed by atoms with Gasteiger partial charge in [-0.15, -0.1) is 0 Å². The van der Waals surface area contributed by atoms with Gasteiger partial charge >= 0.3 is 0 Å². The zero-order valence-electron chi connectivity index (χ0n) is 13.0. The molecule has 0 atom stereocenters. The molecule has 5 nitrogen and oxygen atoms in total. The minimum absolute atomic E-state index is 0.200. The normalized spacial score (nSPS) is 12.3. The Bertz CT molecular complexity index is 732. The van der Waals surface area contributed by atoms with Gasteiger partial charge in [0.15, 0.2) is 0 Å². The Morgan fingerprint density at radius 2 is 1.82 bits per heavy atom. The van der Waals surface area contributed by atoms with Crippen LogP contribution in [0.2, 0.25) is 5.02 Å². The van der Waals surface area contributed by atoms with Crippen molar-refractivity contribution in [3.63, 3.8) is 0 Å². The Morgan fingerprint density at radius 3 is 2.27 bits per heavy atom. The van der Waals surface area contributed by atoms with Crippen LogP contribution < -0.4 is 0 Å². The lowest BCUT2D eigenvalue weighted by atomic mass is 10.2. The number of halogens is 1. The summed E-state index contributed by atoms with van der Waals surface area (Å²) < 4.78 is 32.3. The average molecular weight is 343 g/mol. The molecule has 0 aliphatic carbocycles. The lowest BCUT2D eigenvalue weighted by molar-refractivity contribution is 0.343. The molecule has 0 aliphatic rings. The van der Waals surface area contributed by atoms with Crippen LogP contribution in [-0.2, 0) is 16.6 Å².